The minimum absolute atomic E-state index is 0.0552. The molecule has 0 saturated carbocycles. The van der Waals surface area contributed by atoms with Gasteiger partial charge in [-0.3, -0.25) is 9.52 Å². The summed E-state index contributed by atoms with van der Waals surface area (Å²) in [5.74, 6) is -0.690. The zero-order valence-electron chi connectivity index (χ0n) is 18.1. The third-order valence-electron chi connectivity index (χ3n) is 5.05. The Labute approximate surface area is 204 Å². The van der Waals surface area contributed by atoms with Crippen molar-refractivity contribution in [3.8, 4) is 0 Å². The van der Waals surface area contributed by atoms with Crippen molar-refractivity contribution in [2.45, 2.75) is 30.6 Å². The number of benzene rings is 2. The first kappa shape index (κ1) is 24.2. The highest BCUT2D eigenvalue weighted by Gasteiger charge is 2.26. The number of nitrogens with one attached hydrogen (secondary N) is 2. The lowest BCUT2D eigenvalue weighted by molar-refractivity contribution is 0.102. The van der Waals surface area contributed by atoms with Crippen molar-refractivity contribution in [1.82, 2.24) is 8.75 Å². The third kappa shape index (κ3) is 4.54. The van der Waals surface area contributed by atoms with E-state index in [4.69, 9.17) is 5.14 Å². The predicted octanol–water partition coefficient (Wildman–Crippen LogP) is 3.38. The summed E-state index contributed by atoms with van der Waals surface area (Å²) in [5, 5.41) is 9.50. The molecule has 34 heavy (non-hydrogen) atoms. The van der Waals surface area contributed by atoms with E-state index in [1.807, 2.05) is 0 Å². The number of rotatable bonds is 6. The van der Waals surface area contributed by atoms with Gasteiger partial charge >= 0.3 is 0 Å². The van der Waals surface area contributed by atoms with Crippen LogP contribution in [0, 0.1) is 20.8 Å². The Kier molecular flexibility index (Phi) is 6.20. The molecule has 4 rings (SSSR count). The van der Waals surface area contributed by atoms with Crippen LogP contribution < -0.4 is 15.2 Å². The number of anilines is 2. The second-order valence-corrected chi connectivity index (χ2v) is 12.1. The lowest BCUT2D eigenvalue weighted by Crippen LogP contribution is -2.21. The maximum Gasteiger partial charge on any atom is 0.267 e. The number of fused-ring (bicyclic) bond motifs is 1. The molecule has 0 saturated heterocycles. The number of amides is 1. The third-order valence-corrected chi connectivity index (χ3v) is 9.27. The lowest BCUT2D eigenvalue weighted by Gasteiger charge is -2.17. The Balaban J connectivity index is 1.67. The molecule has 0 aliphatic heterocycles. The molecular formula is C20H19N5O5S4. The highest BCUT2D eigenvalue weighted by Crippen LogP contribution is 2.32. The second kappa shape index (κ2) is 8.70. The lowest BCUT2D eigenvalue weighted by atomic mass is 10.0. The molecule has 2 aromatic carbocycles. The highest BCUT2D eigenvalue weighted by molar-refractivity contribution is 7.93. The zero-order valence-corrected chi connectivity index (χ0v) is 21.4. The van der Waals surface area contributed by atoms with Crippen LogP contribution in [0.5, 0.6) is 0 Å². The van der Waals surface area contributed by atoms with Gasteiger partial charge in [0.05, 0.1) is 22.3 Å². The van der Waals surface area contributed by atoms with Crippen molar-refractivity contribution in [3.05, 3.63) is 57.3 Å². The van der Waals surface area contributed by atoms with Crippen LogP contribution in [0.25, 0.3) is 11.0 Å². The molecule has 2 aromatic heterocycles. The van der Waals surface area contributed by atoms with Gasteiger partial charge in [0.15, 0.2) is 0 Å². The zero-order chi connectivity index (χ0) is 24.8. The number of aryl methyl sites for hydroxylation is 2. The van der Waals surface area contributed by atoms with Crippen LogP contribution in [-0.4, -0.2) is 31.5 Å². The smallest absolute Gasteiger partial charge is 0.267 e. The van der Waals surface area contributed by atoms with Gasteiger partial charge in [-0.15, -0.1) is 11.3 Å². The topological polar surface area (TPSA) is 161 Å². The Hall–Kier alpha value is -2.91. The van der Waals surface area contributed by atoms with Crippen molar-refractivity contribution >= 4 is 71.4 Å². The Bertz CT molecular complexity index is 1660. The van der Waals surface area contributed by atoms with Crippen LogP contribution in [0.2, 0.25) is 0 Å². The summed E-state index contributed by atoms with van der Waals surface area (Å²) < 4.78 is 60.9. The fourth-order valence-corrected chi connectivity index (χ4v) is 7.63. The molecule has 0 aliphatic rings. The number of aromatic nitrogens is 2. The van der Waals surface area contributed by atoms with Crippen LogP contribution >= 0.6 is 23.1 Å². The van der Waals surface area contributed by atoms with Crippen molar-refractivity contribution < 1.29 is 21.6 Å². The first-order valence-electron chi connectivity index (χ1n) is 9.66. The van der Waals surface area contributed by atoms with Crippen LogP contribution in [0.15, 0.2) is 45.5 Å². The molecule has 178 valence electrons. The molecule has 14 heteroatoms. The molecule has 0 unspecified atom stereocenters. The summed E-state index contributed by atoms with van der Waals surface area (Å²) >= 11 is 1.96. The quantitative estimate of drug-likeness (QED) is 0.340. The fraction of sp³-hybridized carbons (Fsp3) is 0.150. The van der Waals surface area contributed by atoms with Gasteiger partial charge in [-0.1, -0.05) is 6.07 Å². The Morgan fingerprint density at radius 2 is 1.68 bits per heavy atom. The minimum atomic E-state index is -4.11. The normalized spacial score (nSPS) is 12.1. The average Bonchev–Trinajstić information content (AvgIpc) is 3.38. The number of primary sulfonamides is 1. The number of thiophene rings is 1. The number of hydrogen-bond donors (Lipinski definition) is 3. The minimum Gasteiger partial charge on any atom is -0.321 e. The standard InChI is InChI=1S/C20H19N5O5S4/c1-10-8-11(2)19(33(21,27)28)12(3)17(10)22-20(26)18-16(6-7-31-18)34(29,30)25-13-4-5-14-15(9-13)24-32-23-14/h4-9,25H,1-3H3,(H,22,26)(H2,21,27,28). The van der Waals surface area contributed by atoms with Gasteiger partial charge in [0.25, 0.3) is 15.9 Å². The number of hydrogen-bond acceptors (Lipinski definition) is 9. The van der Waals surface area contributed by atoms with Crippen molar-refractivity contribution in [2.75, 3.05) is 10.0 Å². The van der Waals surface area contributed by atoms with Gasteiger partial charge in [-0.2, -0.15) is 8.75 Å². The van der Waals surface area contributed by atoms with E-state index >= 15 is 0 Å². The SMILES string of the molecule is Cc1cc(C)c(S(N)(=O)=O)c(C)c1NC(=O)c1sccc1S(=O)(=O)Nc1ccc2nsnc2c1. The molecule has 0 bridgehead atoms. The number of carbonyl (C=O) groups is 1. The van der Waals surface area contributed by atoms with Crippen molar-refractivity contribution in [3.63, 3.8) is 0 Å². The van der Waals surface area contributed by atoms with Crippen LogP contribution in [-0.2, 0) is 20.0 Å². The molecule has 4 N–H and O–H groups in total. The number of nitrogens with zero attached hydrogens (tertiary/aromatic N) is 2. The first-order chi connectivity index (χ1) is 15.9. The molecular weight excluding hydrogens is 519 g/mol. The molecule has 0 aliphatic carbocycles. The fourth-order valence-electron chi connectivity index (χ4n) is 3.70. The second-order valence-electron chi connectivity index (χ2n) is 7.53. The van der Waals surface area contributed by atoms with Crippen molar-refractivity contribution in [2.24, 2.45) is 5.14 Å². The number of nitrogens with two attached hydrogens (primary N) is 1. The van der Waals surface area contributed by atoms with Gasteiger partial charge in [0.1, 0.15) is 20.8 Å². The van der Waals surface area contributed by atoms with Gasteiger partial charge in [-0.25, -0.2) is 22.0 Å². The molecule has 0 atom stereocenters. The van der Waals surface area contributed by atoms with Crippen LogP contribution in [0.1, 0.15) is 26.4 Å². The molecule has 1 amide bonds. The maximum atomic E-state index is 13.1. The van der Waals surface area contributed by atoms with E-state index < -0.39 is 26.0 Å². The monoisotopic (exact) mass is 537 g/mol. The van der Waals surface area contributed by atoms with Crippen LogP contribution in [0.3, 0.4) is 0 Å². The summed E-state index contributed by atoms with van der Waals surface area (Å²) in [6.07, 6.45) is 0. The molecule has 4 aromatic rings. The Morgan fingerprint density at radius 3 is 2.38 bits per heavy atom. The van der Waals surface area contributed by atoms with E-state index in [0.29, 0.717) is 22.2 Å². The molecule has 0 fully saturated rings. The van der Waals surface area contributed by atoms with E-state index in [0.717, 1.165) is 23.1 Å². The van der Waals surface area contributed by atoms with Gasteiger partial charge < -0.3 is 5.32 Å². The Morgan fingerprint density at radius 1 is 0.971 bits per heavy atom. The van der Waals surface area contributed by atoms with Gasteiger partial charge in [-0.05, 0) is 67.1 Å². The highest BCUT2D eigenvalue weighted by atomic mass is 32.2. The molecule has 0 radical (unpaired) electrons. The number of sulfonamides is 2. The average molecular weight is 538 g/mol. The maximum absolute atomic E-state index is 13.1. The van der Waals surface area contributed by atoms with E-state index in [1.165, 1.54) is 18.4 Å². The molecule has 2 heterocycles. The summed E-state index contributed by atoms with van der Waals surface area (Å²) in [6.45, 7) is 4.85. The van der Waals surface area contributed by atoms with E-state index in [1.54, 1.807) is 38.1 Å². The summed E-state index contributed by atoms with van der Waals surface area (Å²) in [4.78, 5) is 12.7. The number of carbonyl (C=O) groups excluding carboxylic acids is 1. The largest absolute Gasteiger partial charge is 0.321 e. The van der Waals surface area contributed by atoms with Gasteiger partial charge in [0.2, 0.25) is 10.0 Å². The van der Waals surface area contributed by atoms with Crippen molar-refractivity contribution in [1.29, 1.82) is 0 Å². The van der Waals surface area contributed by atoms with E-state index in [-0.39, 0.29) is 31.6 Å². The van der Waals surface area contributed by atoms with Crippen LogP contribution in [0.4, 0.5) is 11.4 Å². The summed E-state index contributed by atoms with van der Waals surface area (Å²) in [7, 11) is -8.14. The summed E-state index contributed by atoms with van der Waals surface area (Å²) in [6, 6.07) is 7.68. The van der Waals surface area contributed by atoms with E-state index in [2.05, 4.69) is 18.8 Å². The molecule has 10 nitrogen and oxygen atoms in total. The molecule has 0 spiro atoms. The first-order valence-corrected chi connectivity index (χ1v) is 14.3. The van der Waals surface area contributed by atoms with E-state index in [9.17, 15) is 21.6 Å². The predicted molar refractivity (Wildman–Crippen MR) is 133 cm³/mol. The van der Waals surface area contributed by atoms with Gasteiger partial charge in [0, 0.05) is 5.69 Å². The summed E-state index contributed by atoms with van der Waals surface area (Å²) in [5.41, 5.74) is 3.06.